The fraction of sp³-hybridized carbons (Fsp3) is 0.400. The molecular formula is C20H23N3O3S. The van der Waals surface area contributed by atoms with Crippen molar-refractivity contribution < 1.29 is 14.3 Å². The second-order valence-corrected chi connectivity index (χ2v) is 7.93. The summed E-state index contributed by atoms with van der Waals surface area (Å²) >= 11 is 1.80. The van der Waals surface area contributed by atoms with Gasteiger partial charge in [0.05, 0.1) is 18.8 Å². The first kappa shape index (κ1) is 18.0. The highest BCUT2D eigenvalue weighted by Crippen LogP contribution is 2.36. The van der Waals surface area contributed by atoms with Crippen LogP contribution in [0.2, 0.25) is 0 Å². The Bertz CT molecular complexity index is 866. The summed E-state index contributed by atoms with van der Waals surface area (Å²) in [5.74, 6) is -0.0736. The average molecular weight is 385 g/mol. The number of anilines is 1. The van der Waals surface area contributed by atoms with Crippen molar-refractivity contribution in [3.63, 3.8) is 0 Å². The van der Waals surface area contributed by atoms with E-state index >= 15 is 0 Å². The molecule has 0 radical (unpaired) electrons. The van der Waals surface area contributed by atoms with Crippen LogP contribution in [0.3, 0.4) is 0 Å². The third kappa shape index (κ3) is 3.33. The fourth-order valence-corrected chi connectivity index (χ4v) is 4.92. The highest BCUT2D eigenvalue weighted by molar-refractivity contribution is 7.10. The number of nitrogens with two attached hydrogens (primary N) is 1. The molecule has 0 unspecified atom stereocenters. The predicted octanol–water partition coefficient (Wildman–Crippen LogP) is 2.34. The molecule has 3 heterocycles. The quantitative estimate of drug-likeness (QED) is 0.877. The highest BCUT2D eigenvalue weighted by atomic mass is 32.1. The smallest absolute Gasteiger partial charge is 0.260 e. The number of amides is 2. The molecule has 0 saturated carbocycles. The van der Waals surface area contributed by atoms with E-state index in [4.69, 9.17) is 10.5 Å². The molecule has 27 heavy (non-hydrogen) atoms. The van der Waals surface area contributed by atoms with Gasteiger partial charge in [0.1, 0.15) is 5.75 Å². The lowest BCUT2D eigenvalue weighted by atomic mass is 9.98. The lowest BCUT2D eigenvalue weighted by Gasteiger charge is -2.38. The molecule has 1 aromatic heterocycles. The second kappa shape index (κ2) is 7.32. The van der Waals surface area contributed by atoms with E-state index in [9.17, 15) is 9.59 Å². The monoisotopic (exact) mass is 385 g/mol. The molecule has 7 heteroatoms. The number of nitrogens with zero attached hydrogens (tertiary/aromatic N) is 2. The summed E-state index contributed by atoms with van der Waals surface area (Å²) < 4.78 is 5.66. The number of ether oxygens (including phenoxy) is 1. The maximum Gasteiger partial charge on any atom is 0.260 e. The zero-order chi connectivity index (χ0) is 19.0. The van der Waals surface area contributed by atoms with Gasteiger partial charge in [-0.1, -0.05) is 19.1 Å². The number of carbonyl (C=O) groups is 2. The molecule has 2 amide bonds. The van der Waals surface area contributed by atoms with Crippen LogP contribution in [0, 0.1) is 0 Å². The number of primary amides is 1. The normalized spacial score (nSPS) is 21.9. The predicted molar refractivity (Wildman–Crippen MR) is 105 cm³/mol. The minimum Gasteiger partial charge on any atom is -0.477 e. The maximum atomic E-state index is 13.2. The van der Waals surface area contributed by atoms with Gasteiger partial charge in [-0.15, -0.1) is 11.3 Å². The van der Waals surface area contributed by atoms with Crippen LogP contribution < -0.4 is 15.4 Å². The molecule has 2 aliphatic heterocycles. The number of carbonyl (C=O) groups excluding carboxylic acids is 2. The van der Waals surface area contributed by atoms with Gasteiger partial charge < -0.3 is 15.4 Å². The second-order valence-electron chi connectivity index (χ2n) is 6.92. The number of para-hydroxylation sites is 2. The van der Waals surface area contributed by atoms with Crippen LogP contribution in [-0.4, -0.2) is 42.5 Å². The van der Waals surface area contributed by atoms with E-state index in [2.05, 4.69) is 23.3 Å². The van der Waals surface area contributed by atoms with Crippen molar-refractivity contribution in [1.82, 2.24) is 4.90 Å². The minimum absolute atomic E-state index is 0.0332. The molecule has 4 rings (SSSR count). The summed E-state index contributed by atoms with van der Waals surface area (Å²) in [4.78, 5) is 30.2. The summed E-state index contributed by atoms with van der Waals surface area (Å²) in [6.07, 6.45) is 1.11. The largest absolute Gasteiger partial charge is 0.477 e. The zero-order valence-electron chi connectivity index (χ0n) is 15.3. The molecule has 2 aromatic rings. The molecule has 0 aliphatic carbocycles. The van der Waals surface area contributed by atoms with Crippen LogP contribution in [0.4, 0.5) is 5.69 Å². The maximum absolute atomic E-state index is 13.2. The molecule has 0 fully saturated rings. The van der Waals surface area contributed by atoms with Crippen molar-refractivity contribution in [2.75, 3.05) is 24.5 Å². The van der Waals surface area contributed by atoms with E-state index in [0.717, 1.165) is 19.4 Å². The van der Waals surface area contributed by atoms with Gasteiger partial charge in [0.25, 0.3) is 5.91 Å². The van der Waals surface area contributed by atoms with Gasteiger partial charge in [-0.05, 0) is 42.0 Å². The molecular weight excluding hydrogens is 362 g/mol. The van der Waals surface area contributed by atoms with Crippen LogP contribution in [-0.2, 0) is 16.0 Å². The Morgan fingerprint density at radius 1 is 1.30 bits per heavy atom. The number of thiophene rings is 1. The van der Waals surface area contributed by atoms with E-state index in [1.54, 1.807) is 22.3 Å². The molecule has 0 bridgehead atoms. The molecule has 2 atom stereocenters. The third-order valence-corrected chi connectivity index (χ3v) is 6.32. The van der Waals surface area contributed by atoms with E-state index < -0.39 is 12.0 Å². The highest BCUT2D eigenvalue weighted by Gasteiger charge is 2.35. The lowest BCUT2D eigenvalue weighted by molar-refractivity contribution is -0.125. The summed E-state index contributed by atoms with van der Waals surface area (Å²) in [7, 11) is 0. The Labute approximate surface area is 162 Å². The SMILES string of the molecule is CC[C@H]1c2ccsc2CCN1CC(=O)N1C[C@H](C(N)=O)Oc2ccccc21. The van der Waals surface area contributed by atoms with Gasteiger partial charge in [-0.2, -0.15) is 0 Å². The molecule has 0 saturated heterocycles. The van der Waals surface area contributed by atoms with Gasteiger partial charge in [0, 0.05) is 17.5 Å². The Hall–Kier alpha value is -2.38. The fourth-order valence-electron chi connectivity index (χ4n) is 3.99. The van der Waals surface area contributed by atoms with E-state index in [1.807, 2.05) is 18.2 Å². The van der Waals surface area contributed by atoms with Crippen molar-refractivity contribution in [3.8, 4) is 5.75 Å². The third-order valence-electron chi connectivity index (χ3n) is 5.32. The van der Waals surface area contributed by atoms with Gasteiger partial charge in [0.2, 0.25) is 5.91 Å². The molecule has 142 valence electrons. The number of rotatable bonds is 4. The van der Waals surface area contributed by atoms with E-state index in [-0.39, 0.29) is 18.5 Å². The number of hydrogen-bond acceptors (Lipinski definition) is 5. The lowest BCUT2D eigenvalue weighted by Crippen LogP contribution is -2.52. The Morgan fingerprint density at radius 3 is 2.89 bits per heavy atom. The molecule has 2 N–H and O–H groups in total. The average Bonchev–Trinajstić information content (AvgIpc) is 3.15. The van der Waals surface area contributed by atoms with Crippen molar-refractivity contribution in [1.29, 1.82) is 0 Å². The Morgan fingerprint density at radius 2 is 2.11 bits per heavy atom. The van der Waals surface area contributed by atoms with Gasteiger partial charge in [-0.3, -0.25) is 14.5 Å². The van der Waals surface area contributed by atoms with Gasteiger partial charge >= 0.3 is 0 Å². The van der Waals surface area contributed by atoms with Crippen molar-refractivity contribution >= 4 is 28.8 Å². The van der Waals surface area contributed by atoms with Crippen molar-refractivity contribution in [3.05, 3.63) is 46.2 Å². The van der Waals surface area contributed by atoms with Gasteiger partial charge in [-0.25, -0.2) is 0 Å². The Balaban J connectivity index is 1.56. The first-order valence-corrected chi connectivity index (χ1v) is 10.1. The topological polar surface area (TPSA) is 75.9 Å². The standard InChI is InChI=1S/C20H23N3O3S/c1-2-14-13-8-10-27-18(13)7-9-22(14)12-19(24)23-11-17(20(21)25)26-16-6-4-3-5-15(16)23/h3-6,8,10,14,17H,2,7,9,11-12H2,1H3,(H2,21,25)/t14-,17+/m0/s1. The van der Waals surface area contributed by atoms with Crippen molar-refractivity contribution in [2.24, 2.45) is 5.73 Å². The summed E-state index contributed by atoms with van der Waals surface area (Å²) in [5, 5.41) is 2.13. The number of hydrogen-bond donors (Lipinski definition) is 1. The summed E-state index contributed by atoms with van der Waals surface area (Å²) in [5.41, 5.74) is 7.49. The number of benzene rings is 1. The van der Waals surface area contributed by atoms with Crippen LogP contribution in [0.15, 0.2) is 35.7 Å². The molecule has 0 spiro atoms. The molecule has 6 nitrogen and oxygen atoms in total. The van der Waals surface area contributed by atoms with E-state index in [0.29, 0.717) is 18.0 Å². The molecule has 2 aliphatic rings. The zero-order valence-corrected chi connectivity index (χ0v) is 16.1. The first-order chi connectivity index (χ1) is 13.1. The first-order valence-electron chi connectivity index (χ1n) is 9.24. The van der Waals surface area contributed by atoms with Crippen LogP contribution in [0.5, 0.6) is 5.75 Å². The van der Waals surface area contributed by atoms with Crippen LogP contribution in [0.25, 0.3) is 0 Å². The number of fused-ring (bicyclic) bond motifs is 2. The minimum atomic E-state index is -0.823. The summed E-state index contributed by atoms with van der Waals surface area (Å²) in [6, 6.07) is 9.72. The Kier molecular flexibility index (Phi) is 4.88. The van der Waals surface area contributed by atoms with Gasteiger partial charge in [0.15, 0.2) is 6.10 Å². The van der Waals surface area contributed by atoms with Crippen LogP contribution >= 0.6 is 11.3 Å². The van der Waals surface area contributed by atoms with Crippen molar-refractivity contribution in [2.45, 2.75) is 31.9 Å². The summed E-state index contributed by atoms with van der Waals surface area (Å²) in [6.45, 7) is 3.48. The van der Waals surface area contributed by atoms with E-state index in [1.165, 1.54) is 10.4 Å². The van der Waals surface area contributed by atoms with Crippen LogP contribution in [0.1, 0.15) is 29.8 Å². The molecule has 1 aromatic carbocycles.